The largest absolute Gasteiger partial charge is 0.455 e. The summed E-state index contributed by atoms with van der Waals surface area (Å²) in [5, 5.41) is 0. The van der Waals surface area contributed by atoms with Gasteiger partial charge >= 0.3 is 0 Å². The van der Waals surface area contributed by atoms with Crippen molar-refractivity contribution >= 4 is 5.91 Å². The molecule has 4 nitrogen and oxygen atoms in total. The van der Waals surface area contributed by atoms with Gasteiger partial charge in [0, 0.05) is 19.8 Å². The molecule has 0 atom stereocenters. The van der Waals surface area contributed by atoms with Gasteiger partial charge in [-0.15, -0.1) is 0 Å². The van der Waals surface area contributed by atoms with Crippen molar-refractivity contribution in [3.63, 3.8) is 0 Å². The summed E-state index contributed by atoms with van der Waals surface area (Å²) in [6, 6.07) is 20.9. The van der Waals surface area contributed by atoms with Crippen LogP contribution in [0.5, 0.6) is 11.5 Å². The molecule has 3 aromatic rings. The number of hydrogen-bond donors (Lipinski definition) is 0. The van der Waals surface area contributed by atoms with Gasteiger partial charge in [0.25, 0.3) is 5.91 Å². The molecule has 0 bridgehead atoms. The molecule has 3 rings (SSSR count). The van der Waals surface area contributed by atoms with Gasteiger partial charge in [-0.3, -0.25) is 9.78 Å². The maximum Gasteiger partial charge on any atom is 0.257 e. The highest BCUT2D eigenvalue weighted by Crippen LogP contribution is 2.25. The van der Waals surface area contributed by atoms with Crippen molar-refractivity contribution in [2.75, 3.05) is 7.05 Å². The Morgan fingerprint density at radius 2 is 1.67 bits per heavy atom. The van der Waals surface area contributed by atoms with E-state index in [0.717, 1.165) is 5.56 Å². The van der Waals surface area contributed by atoms with Crippen LogP contribution in [0.15, 0.2) is 79.1 Å². The van der Waals surface area contributed by atoms with Gasteiger partial charge in [-0.05, 0) is 23.8 Å². The van der Waals surface area contributed by atoms with Crippen molar-refractivity contribution in [2.45, 2.75) is 6.54 Å². The Morgan fingerprint density at radius 1 is 1.00 bits per heavy atom. The molecule has 24 heavy (non-hydrogen) atoms. The van der Waals surface area contributed by atoms with Crippen LogP contribution in [0.2, 0.25) is 0 Å². The van der Waals surface area contributed by atoms with E-state index < -0.39 is 0 Å². The van der Waals surface area contributed by atoms with Crippen molar-refractivity contribution in [3.8, 4) is 11.5 Å². The minimum Gasteiger partial charge on any atom is -0.455 e. The first-order valence-corrected chi connectivity index (χ1v) is 7.70. The monoisotopic (exact) mass is 318 g/mol. The van der Waals surface area contributed by atoms with E-state index in [9.17, 15) is 4.79 Å². The van der Waals surface area contributed by atoms with Crippen LogP contribution in [0.3, 0.4) is 0 Å². The highest BCUT2D eigenvalue weighted by molar-refractivity contribution is 5.96. The average molecular weight is 318 g/mol. The number of hydrogen-bond acceptors (Lipinski definition) is 3. The molecule has 4 heteroatoms. The molecule has 0 saturated carbocycles. The van der Waals surface area contributed by atoms with Crippen molar-refractivity contribution in [1.29, 1.82) is 0 Å². The molecule has 1 amide bonds. The lowest BCUT2D eigenvalue weighted by molar-refractivity contribution is 0.0782. The summed E-state index contributed by atoms with van der Waals surface area (Å²) >= 11 is 0. The second-order valence-electron chi connectivity index (χ2n) is 5.43. The maximum absolute atomic E-state index is 12.8. The molecule has 0 radical (unpaired) electrons. The van der Waals surface area contributed by atoms with E-state index in [0.29, 0.717) is 23.6 Å². The molecule has 0 aliphatic heterocycles. The number of ether oxygens (including phenoxy) is 1. The smallest absolute Gasteiger partial charge is 0.257 e. The molecule has 0 unspecified atom stereocenters. The predicted molar refractivity (Wildman–Crippen MR) is 93.0 cm³/mol. The van der Waals surface area contributed by atoms with Gasteiger partial charge in [-0.1, -0.05) is 48.5 Å². The van der Waals surface area contributed by atoms with Crippen LogP contribution in [0.1, 0.15) is 15.9 Å². The van der Waals surface area contributed by atoms with Crippen molar-refractivity contribution < 1.29 is 9.53 Å². The fourth-order valence-electron chi connectivity index (χ4n) is 2.39. The van der Waals surface area contributed by atoms with Gasteiger partial charge in [-0.25, -0.2) is 0 Å². The number of aromatic nitrogens is 1. The van der Waals surface area contributed by atoms with Crippen LogP contribution in [-0.4, -0.2) is 22.8 Å². The Labute approximate surface area is 141 Å². The van der Waals surface area contributed by atoms with Gasteiger partial charge in [-0.2, -0.15) is 0 Å². The zero-order valence-corrected chi connectivity index (χ0v) is 13.4. The van der Waals surface area contributed by atoms with Gasteiger partial charge < -0.3 is 9.64 Å². The number of benzene rings is 2. The number of amides is 1. The second kappa shape index (κ2) is 7.42. The van der Waals surface area contributed by atoms with Crippen LogP contribution >= 0.6 is 0 Å². The van der Waals surface area contributed by atoms with Gasteiger partial charge in [0.05, 0.1) is 11.8 Å². The number of rotatable bonds is 5. The molecule has 1 aromatic heterocycles. The first kappa shape index (κ1) is 15.7. The summed E-state index contributed by atoms with van der Waals surface area (Å²) < 4.78 is 5.82. The van der Waals surface area contributed by atoms with E-state index in [1.807, 2.05) is 60.7 Å². The third-order valence-electron chi connectivity index (χ3n) is 3.60. The summed E-state index contributed by atoms with van der Waals surface area (Å²) in [5.74, 6) is 1.02. The molecule has 0 spiro atoms. The molecule has 1 heterocycles. The van der Waals surface area contributed by atoms with Gasteiger partial charge in [0.15, 0.2) is 5.75 Å². The molecule has 0 aliphatic carbocycles. The van der Waals surface area contributed by atoms with Crippen LogP contribution < -0.4 is 4.74 Å². The minimum absolute atomic E-state index is 0.104. The standard InChI is InChI=1S/C20H18N2O2/c1-22(15-16-8-4-2-5-9-16)20(23)18-12-13-21-14-19(18)24-17-10-6-3-7-11-17/h2-14H,15H2,1H3. The molecule has 0 N–H and O–H groups in total. The summed E-state index contributed by atoms with van der Waals surface area (Å²) in [4.78, 5) is 18.5. The molecule has 0 saturated heterocycles. The van der Waals surface area contributed by atoms with Gasteiger partial charge in [0.1, 0.15) is 5.75 Å². The highest BCUT2D eigenvalue weighted by atomic mass is 16.5. The second-order valence-corrected chi connectivity index (χ2v) is 5.43. The first-order chi connectivity index (χ1) is 11.7. The van der Waals surface area contributed by atoms with E-state index in [1.165, 1.54) is 0 Å². The van der Waals surface area contributed by atoms with Crippen LogP contribution in [0.4, 0.5) is 0 Å². The summed E-state index contributed by atoms with van der Waals surface area (Å²) in [6.07, 6.45) is 3.16. The average Bonchev–Trinajstić information content (AvgIpc) is 2.63. The van der Waals surface area contributed by atoms with E-state index in [4.69, 9.17) is 4.74 Å². The number of carbonyl (C=O) groups is 1. The lowest BCUT2D eigenvalue weighted by Gasteiger charge is -2.19. The third-order valence-corrected chi connectivity index (χ3v) is 3.60. The Morgan fingerprint density at radius 3 is 2.38 bits per heavy atom. The van der Waals surface area contributed by atoms with Crippen molar-refractivity contribution in [2.24, 2.45) is 0 Å². The number of pyridine rings is 1. The zero-order chi connectivity index (χ0) is 16.8. The summed E-state index contributed by atoms with van der Waals surface area (Å²) in [7, 11) is 1.78. The molecule has 0 fully saturated rings. The molecular weight excluding hydrogens is 300 g/mol. The number of para-hydroxylation sites is 1. The van der Waals surface area contributed by atoms with E-state index in [2.05, 4.69) is 4.98 Å². The van der Waals surface area contributed by atoms with Crippen molar-refractivity contribution in [3.05, 3.63) is 90.3 Å². The first-order valence-electron chi connectivity index (χ1n) is 7.70. The maximum atomic E-state index is 12.8. The number of nitrogens with zero attached hydrogens (tertiary/aromatic N) is 2. The Kier molecular flexibility index (Phi) is 4.87. The predicted octanol–water partition coefficient (Wildman–Crippen LogP) is 4.15. The molecule has 2 aromatic carbocycles. The Hall–Kier alpha value is -3.14. The summed E-state index contributed by atoms with van der Waals surface area (Å²) in [5.41, 5.74) is 1.57. The van der Waals surface area contributed by atoms with E-state index >= 15 is 0 Å². The topological polar surface area (TPSA) is 42.4 Å². The van der Waals surface area contributed by atoms with Crippen LogP contribution in [-0.2, 0) is 6.54 Å². The van der Waals surface area contributed by atoms with Crippen molar-refractivity contribution in [1.82, 2.24) is 9.88 Å². The fraction of sp³-hybridized carbons (Fsp3) is 0.100. The van der Waals surface area contributed by atoms with Crippen LogP contribution in [0, 0.1) is 0 Å². The lowest BCUT2D eigenvalue weighted by Crippen LogP contribution is -2.26. The fourth-order valence-corrected chi connectivity index (χ4v) is 2.39. The molecule has 0 aliphatic rings. The minimum atomic E-state index is -0.104. The van der Waals surface area contributed by atoms with Gasteiger partial charge in [0.2, 0.25) is 0 Å². The molecular formula is C20H18N2O2. The zero-order valence-electron chi connectivity index (χ0n) is 13.4. The SMILES string of the molecule is CN(Cc1ccccc1)C(=O)c1ccncc1Oc1ccccc1. The molecule has 120 valence electrons. The summed E-state index contributed by atoms with van der Waals surface area (Å²) in [6.45, 7) is 0.534. The quantitative estimate of drug-likeness (QED) is 0.710. The Bertz CT molecular complexity index is 804. The Balaban J connectivity index is 1.79. The normalized spacial score (nSPS) is 10.2. The lowest BCUT2D eigenvalue weighted by atomic mass is 10.2. The third kappa shape index (κ3) is 3.79. The van der Waals surface area contributed by atoms with E-state index in [-0.39, 0.29) is 5.91 Å². The highest BCUT2D eigenvalue weighted by Gasteiger charge is 2.17. The van der Waals surface area contributed by atoms with Crippen LogP contribution in [0.25, 0.3) is 0 Å². The van der Waals surface area contributed by atoms with E-state index in [1.54, 1.807) is 30.4 Å². The number of carbonyl (C=O) groups excluding carboxylic acids is 1.